The first kappa shape index (κ1) is 14.6. The van der Waals surface area contributed by atoms with Crippen LogP contribution in [0.2, 0.25) is 0 Å². The first-order valence-corrected chi connectivity index (χ1v) is 6.19. The molecule has 1 aromatic heterocycles. The maximum Gasteiger partial charge on any atom is 0.273 e. The number of ketones is 2. The number of nitro groups is 1. The molecule has 21 heavy (non-hydrogen) atoms. The van der Waals surface area contributed by atoms with Crippen molar-refractivity contribution in [1.82, 2.24) is 9.78 Å². The van der Waals surface area contributed by atoms with Gasteiger partial charge in [0.15, 0.2) is 11.6 Å². The van der Waals surface area contributed by atoms with Crippen LogP contribution in [0, 0.1) is 17.0 Å². The molecule has 2 aromatic rings. The number of hydrogen-bond donors (Lipinski definition) is 0. The second kappa shape index (κ2) is 5.66. The highest BCUT2D eigenvalue weighted by molar-refractivity contribution is 6.13. The Morgan fingerprint density at radius 1 is 1.29 bits per heavy atom. The molecule has 0 radical (unpaired) electrons. The minimum absolute atomic E-state index is 0.133. The number of carbonyl (C=O) groups excluding carboxylic acids is 2. The number of nitrogens with zero attached hydrogens (tertiary/aromatic N) is 3. The fraction of sp³-hybridized carbons (Fsp3) is 0.214. The smallest absolute Gasteiger partial charge is 0.273 e. The minimum atomic E-state index is -0.549. The largest absolute Gasteiger partial charge is 0.294 e. The fourth-order valence-corrected chi connectivity index (χ4v) is 1.88. The second-order valence-corrected chi connectivity index (χ2v) is 4.66. The summed E-state index contributed by atoms with van der Waals surface area (Å²) < 4.78 is 1.47. The monoisotopic (exact) mass is 287 g/mol. The molecule has 0 saturated carbocycles. The molecule has 0 aliphatic rings. The molecule has 0 N–H and O–H groups in total. The highest BCUT2D eigenvalue weighted by Crippen LogP contribution is 2.20. The van der Waals surface area contributed by atoms with E-state index < -0.39 is 16.5 Å². The van der Waals surface area contributed by atoms with Crippen LogP contribution in [0.4, 0.5) is 5.69 Å². The number of aryl methyl sites for hydroxylation is 2. The Bertz CT molecular complexity index is 734. The van der Waals surface area contributed by atoms with Crippen molar-refractivity contribution in [2.45, 2.75) is 13.3 Å². The lowest BCUT2D eigenvalue weighted by Gasteiger charge is -2.02. The number of hydrogen-bond acceptors (Lipinski definition) is 5. The Kier molecular flexibility index (Phi) is 3.93. The van der Waals surface area contributed by atoms with Crippen molar-refractivity contribution in [2.75, 3.05) is 0 Å². The van der Waals surface area contributed by atoms with Crippen LogP contribution in [-0.4, -0.2) is 26.3 Å². The summed E-state index contributed by atoms with van der Waals surface area (Å²) in [7, 11) is 1.67. The summed E-state index contributed by atoms with van der Waals surface area (Å²) >= 11 is 0. The Morgan fingerprint density at radius 2 is 2.00 bits per heavy atom. The molecule has 0 aliphatic heterocycles. The standard InChI is InChI=1S/C14H13N3O4/c1-9-3-4-10(7-12(9)17(20)21)13(18)8-14(19)11-5-6-16(2)15-11/h3-7H,8H2,1-2H3. The molecule has 7 nitrogen and oxygen atoms in total. The van der Waals surface area contributed by atoms with Crippen molar-refractivity contribution in [2.24, 2.45) is 7.05 Å². The van der Waals surface area contributed by atoms with Gasteiger partial charge < -0.3 is 0 Å². The van der Waals surface area contributed by atoms with Crippen molar-refractivity contribution in [1.29, 1.82) is 0 Å². The quantitative estimate of drug-likeness (QED) is 0.363. The maximum absolute atomic E-state index is 12.0. The van der Waals surface area contributed by atoms with Gasteiger partial charge in [-0.05, 0) is 13.0 Å². The molecule has 108 valence electrons. The minimum Gasteiger partial charge on any atom is -0.294 e. The highest BCUT2D eigenvalue weighted by atomic mass is 16.6. The van der Waals surface area contributed by atoms with Crippen LogP contribution in [0.1, 0.15) is 32.8 Å². The van der Waals surface area contributed by atoms with Crippen LogP contribution in [0.3, 0.4) is 0 Å². The van der Waals surface area contributed by atoms with Gasteiger partial charge in [-0.2, -0.15) is 5.10 Å². The molecule has 0 atom stereocenters. The molecule has 0 amide bonds. The molecular formula is C14H13N3O4. The van der Waals surface area contributed by atoms with Crippen molar-refractivity contribution in [3.05, 3.63) is 57.4 Å². The fourth-order valence-electron chi connectivity index (χ4n) is 1.88. The zero-order chi connectivity index (χ0) is 15.6. The van der Waals surface area contributed by atoms with Gasteiger partial charge in [-0.1, -0.05) is 12.1 Å². The van der Waals surface area contributed by atoms with E-state index in [4.69, 9.17) is 0 Å². The van der Waals surface area contributed by atoms with E-state index in [1.807, 2.05) is 0 Å². The molecule has 0 spiro atoms. The molecule has 0 saturated heterocycles. The number of rotatable bonds is 5. The van der Waals surface area contributed by atoms with Gasteiger partial charge >= 0.3 is 0 Å². The summed E-state index contributed by atoms with van der Waals surface area (Å²) in [6, 6.07) is 5.70. The predicted octanol–water partition coefficient (Wildman–Crippen LogP) is 2.09. The van der Waals surface area contributed by atoms with Gasteiger partial charge in [0, 0.05) is 30.4 Å². The molecule has 0 fully saturated rings. The lowest BCUT2D eigenvalue weighted by molar-refractivity contribution is -0.385. The molecule has 1 heterocycles. The van der Waals surface area contributed by atoms with E-state index in [9.17, 15) is 19.7 Å². The number of aromatic nitrogens is 2. The zero-order valence-corrected chi connectivity index (χ0v) is 11.6. The normalized spacial score (nSPS) is 10.4. The van der Waals surface area contributed by atoms with E-state index in [1.165, 1.54) is 28.9 Å². The summed E-state index contributed by atoms with van der Waals surface area (Å²) in [5.74, 6) is -0.877. The third-order valence-electron chi connectivity index (χ3n) is 3.05. The average molecular weight is 287 g/mol. The van der Waals surface area contributed by atoms with E-state index in [0.717, 1.165) is 0 Å². The summed E-state index contributed by atoms with van der Waals surface area (Å²) in [6.45, 7) is 1.59. The van der Waals surface area contributed by atoms with Gasteiger partial charge in [-0.25, -0.2) is 0 Å². The average Bonchev–Trinajstić information content (AvgIpc) is 2.85. The van der Waals surface area contributed by atoms with Crippen molar-refractivity contribution in [3.8, 4) is 0 Å². The summed E-state index contributed by atoms with van der Waals surface area (Å²) in [6.07, 6.45) is 1.24. The topological polar surface area (TPSA) is 95.1 Å². The third-order valence-corrected chi connectivity index (χ3v) is 3.05. The van der Waals surface area contributed by atoms with Crippen molar-refractivity contribution >= 4 is 17.3 Å². The van der Waals surface area contributed by atoms with Crippen molar-refractivity contribution < 1.29 is 14.5 Å². The number of benzene rings is 1. The van der Waals surface area contributed by atoms with Crippen LogP contribution in [0.25, 0.3) is 0 Å². The van der Waals surface area contributed by atoms with E-state index in [-0.39, 0.29) is 23.4 Å². The van der Waals surface area contributed by atoms with E-state index in [2.05, 4.69) is 5.10 Å². The van der Waals surface area contributed by atoms with Crippen LogP contribution in [0.5, 0.6) is 0 Å². The molecule has 0 bridgehead atoms. The summed E-state index contributed by atoms with van der Waals surface area (Å²) in [5.41, 5.74) is 0.683. The second-order valence-electron chi connectivity index (χ2n) is 4.66. The molecule has 1 aromatic carbocycles. The van der Waals surface area contributed by atoms with Crippen LogP contribution in [0.15, 0.2) is 30.5 Å². The first-order chi connectivity index (χ1) is 9.88. The number of Topliss-reactive ketones (excluding diaryl/α,β-unsaturated/α-hetero) is 2. The summed E-state index contributed by atoms with van der Waals surface area (Å²) in [5, 5.41) is 14.8. The molecular weight excluding hydrogens is 274 g/mol. The van der Waals surface area contributed by atoms with Gasteiger partial charge in [0.25, 0.3) is 5.69 Å². The maximum atomic E-state index is 12.0. The molecule has 0 unspecified atom stereocenters. The van der Waals surface area contributed by atoms with Crippen LogP contribution in [-0.2, 0) is 7.05 Å². The number of carbonyl (C=O) groups is 2. The lowest BCUT2D eigenvalue weighted by Crippen LogP contribution is -2.10. The van der Waals surface area contributed by atoms with Crippen molar-refractivity contribution in [3.63, 3.8) is 0 Å². The van der Waals surface area contributed by atoms with Gasteiger partial charge in [0.1, 0.15) is 5.69 Å². The Hall–Kier alpha value is -2.83. The predicted molar refractivity (Wildman–Crippen MR) is 74.3 cm³/mol. The third kappa shape index (κ3) is 3.19. The Labute approximate surface area is 120 Å². The lowest BCUT2D eigenvalue weighted by atomic mass is 10.0. The summed E-state index contributed by atoms with van der Waals surface area (Å²) in [4.78, 5) is 34.2. The van der Waals surface area contributed by atoms with Gasteiger partial charge in [-0.15, -0.1) is 0 Å². The Morgan fingerprint density at radius 3 is 2.57 bits per heavy atom. The first-order valence-electron chi connectivity index (χ1n) is 6.19. The van der Waals surface area contributed by atoms with Crippen LogP contribution < -0.4 is 0 Å². The molecule has 7 heteroatoms. The van der Waals surface area contributed by atoms with Crippen LogP contribution >= 0.6 is 0 Å². The SMILES string of the molecule is Cc1ccc(C(=O)CC(=O)c2ccn(C)n2)cc1[N+](=O)[O-]. The molecule has 0 aliphatic carbocycles. The molecule has 2 rings (SSSR count). The van der Waals surface area contributed by atoms with E-state index in [0.29, 0.717) is 5.56 Å². The van der Waals surface area contributed by atoms with Gasteiger partial charge in [0.05, 0.1) is 11.3 Å². The van der Waals surface area contributed by atoms with Gasteiger partial charge in [0.2, 0.25) is 0 Å². The Balaban J connectivity index is 2.19. The van der Waals surface area contributed by atoms with Gasteiger partial charge in [-0.3, -0.25) is 24.4 Å². The highest BCUT2D eigenvalue weighted by Gasteiger charge is 2.19. The van der Waals surface area contributed by atoms with E-state index in [1.54, 1.807) is 20.2 Å². The van der Waals surface area contributed by atoms with E-state index >= 15 is 0 Å². The zero-order valence-electron chi connectivity index (χ0n) is 11.6. The number of nitro benzene ring substituents is 1.